The quantitative estimate of drug-likeness (QED) is 0.825. The number of hydrogen-bond donors (Lipinski definition) is 1. The molecule has 0 aliphatic heterocycles. The van der Waals surface area contributed by atoms with Crippen molar-refractivity contribution in [2.24, 2.45) is 0 Å². The lowest BCUT2D eigenvalue weighted by Gasteiger charge is -2.27. The highest BCUT2D eigenvalue weighted by atomic mass is 16.5. The fourth-order valence-corrected chi connectivity index (χ4v) is 2.03. The molecular formula is C16H18O3. The minimum Gasteiger partial charge on any atom is -0.394 e. The molecule has 0 bridgehead atoms. The normalized spacial score (nSPS) is 22.1. The van der Waals surface area contributed by atoms with Gasteiger partial charge in [0.1, 0.15) is 0 Å². The third-order valence-electron chi connectivity index (χ3n) is 3.16. The maximum atomic E-state index is 12.2. The van der Waals surface area contributed by atoms with Crippen molar-refractivity contribution in [2.45, 2.75) is 18.9 Å². The zero-order valence-electron chi connectivity index (χ0n) is 11.0. The van der Waals surface area contributed by atoms with Gasteiger partial charge in [-0.3, -0.25) is 4.79 Å². The number of allylic oxidation sites excluding steroid dienone is 2. The van der Waals surface area contributed by atoms with Crippen LogP contribution in [0.5, 0.6) is 0 Å². The monoisotopic (exact) mass is 258 g/mol. The molecule has 0 heterocycles. The summed E-state index contributed by atoms with van der Waals surface area (Å²) in [6.07, 6.45) is 6.22. The minimum absolute atomic E-state index is 0.00292. The summed E-state index contributed by atoms with van der Waals surface area (Å²) in [6, 6.07) is 9.23. The average molecular weight is 258 g/mol. The lowest BCUT2D eigenvalue weighted by Crippen LogP contribution is -2.29. The predicted octanol–water partition coefficient (Wildman–Crippen LogP) is 2.52. The van der Waals surface area contributed by atoms with Gasteiger partial charge in [0, 0.05) is 11.1 Å². The summed E-state index contributed by atoms with van der Waals surface area (Å²) in [6.45, 7) is 2.25. The molecule has 0 radical (unpaired) electrons. The first-order valence-corrected chi connectivity index (χ1v) is 6.38. The molecule has 1 aromatic rings. The number of rotatable bonds is 5. The lowest BCUT2D eigenvalue weighted by molar-refractivity contribution is -0.0114. The van der Waals surface area contributed by atoms with Crippen LogP contribution in [0.1, 0.15) is 23.7 Å². The second-order valence-electron chi connectivity index (χ2n) is 4.78. The fourth-order valence-electron chi connectivity index (χ4n) is 2.03. The number of hydrogen-bond acceptors (Lipinski definition) is 3. The van der Waals surface area contributed by atoms with E-state index in [1.807, 2.05) is 49.4 Å². The van der Waals surface area contributed by atoms with Gasteiger partial charge in [0.2, 0.25) is 0 Å². The topological polar surface area (TPSA) is 46.5 Å². The van der Waals surface area contributed by atoms with E-state index >= 15 is 0 Å². The Morgan fingerprint density at radius 2 is 2.11 bits per heavy atom. The molecule has 100 valence electrons. The molecule has 1 aliphatic rings. The smallest absolute Gasteiger partial charge is 0.192 e. The molecule has 2 rings (SSSR count). The third kappa shape index (κ3) is 3.40. The van der Waals surface area contributed by atoms with Crippen LogP contribution >= 0.6 is 0 Å². The Bertz CT molecular complexity index is 502. The molecule has 1 unspecified atom stereocenters. The van der Waals surface area contributed by atoms with Gasteiger partial charge in [-0.1, -0.05) is 48.6 Å². The van der Waals surface area contributed by atoms with E-state index in [2.05, 4.69) is 0 Å². The Morgan fingerprint density at radius 3 is 2.68 bits per heavy atom. The standard InChI is InChI=1S/C16H18O3/c1-16(19-12-11-17)9-7-14(8-10-16)15(18)13-5-3-2-4-6-13/h2-9,17H,10-12H2,1H3. The van der Waals surface area contributed by atoms with Crippen LogP contribution in [0, 0.1) is 0 Å². The molecule has 3 nitrogen and oxygen atoms in total. The van der Waals surface area contributed by atoms with E-state index in [1.54, 1.807) is 6.08 Å². The summed E-state index contributed by atoms with van der Waals surface area (Å²) in [5.41, 5.74) is 0.956. The number of Topliss-reactive ketones (excluding diaryl/α,β-unsaturated/α-hetero) is 1. The van der Waals surface area contributed by atoms with Gasteiger partial charge in [0.15, 0.2) is 5.78 Å². The second-order valence-corrected chi connectivity index (χ2v) is 4.78. The molecule has 0 aromatic heterocycles. The molecule has 0 spiro atoms. The van der Waals surface area contributed by atoms with Crippen molar-refractivity contribution >= 4 is 5.78 Å². The molecular weight excluding hydrogens is 240 g/mol. The van der Waals surface area contributed by atoms with Crippen molar-refractivity contribution < 1.29 is 14.6 Å². The van der Waals surface area contributed by atoms with E-state index in [0.717, 1.165) is 0 Å². The first kappa shape index (κ1) is 13.7. The van der Waals surface area contributed by atoms with Gasteiger partial charge in [0.05, 0.1) is 18.8 Å². The number of ketones is 1. The Labute approximate surface area is 113 Å². The Morgan fingerprint density at radius 1 is 1.37 bits per heavy atom. The van der Waals surface area contributed by atoms with Gasteiger partial charge >= 0.3 is 0 Å². The zero-order valence-corrected chi connectivity index (χ0v) is 11.0. The van der Waals surface area contributed by atoms with Gasteiger partial charge in [0.25, 0.3) is 0 Å². The van der Waals surface area contributed by atoms with Gasteiger partial charge < -0.3 is 9.84 Å². The van der Waals surface area contributed by atoms with E-state index in [4.69, 9.17) is 9.84 Å². The molecule has 19 heavy (non-hydrogen) atoms. The number of ether oxygens (including phenoxy) is 1. The summed E-state index contributed by atoms with van der Waals surface area (Å²) in [5, 5.41) is 8.78. The van der Waals surface area contributed by atoms with E-state index < -0.39 is 5.60 Å². The van der Waals surface area contributed by atoms with E-state index in [9.17, 15) is 4.79 Å². The van der Waals surface area contributed by atoms with E-state index in [1.165, 1.54) is 0 Å². The van der Waals surface area contributed by atoms with Crippen LogP contribution in [-0.4, -0.2) is 29.7 Å². The molecule has 1 N–H and O–H groups in total. The number of carbonyl (C=O) groups is 1. The predicted molar refractivity (Wildman–Crippen MR) is 74.1 cm³/mol. The summed E-state index contributed by atoms with van der Waals surface area (Å²) in [5.74, 6) is 0.0288. The maximum Gasteiger partial charge on any atom is 0.192 e. The SMILES string of the molecule is CC1(OCCO)C=CC(C(=O)c2ccccc2)=CC1. The molecule has 1 aromatic carbocycles. The largest absolute Gasteiger partial charge is 0.394 e. The van der Waals surface area contributed by atoms with Crippen molar-refractivity contribution in [3.8, 4) is 0 Å². The van der Waals surface area contributed by atoms with E-state index in [-0.39, 0.29) is 12.4 Å². The second kappa shape index (κ2) is 5.95. The van der Waals surface area contributed by atoms with Gasteiger partial charge in [-0.05, 0) is 13.3 Å². The maximum absolute atomic E-state index is 12.2. The van der Waals surface area contributed by atoms with Crippen LogP contribution < -0.4 is 0 Å². The third-order valence-corrected chi connectivity index (χ3v) is 3.16. The van der Waals surface area contributed by atoms with Crippen molar-refractivity contribution in [2.75, 3.05) is 13.2 Å². The van der Waals surface area contributed by atoms with Crippen molar-refractivity contribution in [1.29, 1.82) is 0 Å². The average Bonchev–Trinajstić information content (AvgIpc) is 2.46. The summed E-state index contributed by atoms with van der Waals surface area (Å²) < 4.78 is 5.56. The van der Waals surface area contributed by atoms with E-state index in [0.29, 0.717) is 24.2 Å². The summed E-state index contributed by atoms with van der Waals surface area (Å²) in [4.78, 5) is 12.2. The molecule has 3 heteroatoms. The molecule has 0 saturated heterocycles. The highest BCUT2D eigenvalue weighted by Gasteiger charge is 2.24. The van der Waals surface area contributed by atoms with Crippen LogP contribution in [0.25, 0.3) is 0 Å². The number of aliphatic hydroxyl groups excluding tert-OH is 1. The van der Waals surface area contributed by atoms with Crippen LogP contribution in [0.2, 0.25) is 0 Å². The number of aliphatic hydroxyl groups is 1. The molecule has 0 fully saturated rings. The minimum atomic E-state index is -0.427. The number of carbonyl (C=O) groups excluding carboxylic acids is 1. The molecule has 1 atom stereocenters. The van der Waals surface area contributed by atoms with Crippen molar-refractivity contribution in [3.05, 3.63) is 59.7 Å². The summed E-state index contributed by atoms with van der Waals surface area (Å²) in [7, 11) is 0. The zero-order chi connectivity index (χ0) is 13.7. The first-order valence-electron chi connectivity index (χ1n) is 6.38. The number of benzene rings is 1. The molecule has 1 aliphatic carbocycles. The highest BCUT2D eigenvalue weighted by molar-refractivity contribution is 6.10. The summed E-state index contributed by atoms with van der Waals surface area (Å²) >= 11 is 0. The first-order chi connectivity index (χ1) is 9.14. The lowest BCUT2D eigenvalue weighted by atomic mass is 9.90. The molecule has 0 saturated carbocycles. The highest BCUT2D eigenvalue weighted by Crippen LogP contribution is 2.25. The Kier molecular flexibility index (Phi) is 4.30. The van der Waals surface area contributed by atoms with Gasteiger partial charge in [-0.25, -0.2) is 0 Å². The van der Waals surface area contributed by atoms with Crippen LogP contribution in [0.15, 0.2) is 54.1 Å². The fraction of sp³-hybridized carbons (Fsp3) is 0.312. The Balaban J connectivity index is 2.06. The van der Waals surface area contributed by atoms with Gasteiger partial charge in [-0.2, -0.15) is 0 Å². The van der Waals surface area contributed by atoms with Crippen LogP contribution in [-0.2, 0) is 4.74 Å². The van der Waals surface area contributed by atoms with Crippen LogP contribution in [0.4, 0.5) is 0 Å². The Hall–Kier alpha value is -1.71. The van der Waals surface area contributed by atoms with Crippen molar-refractivity contribution in [3.63, 3.8) is 0 Å². The van der Waals surface area contributed by atoms with Crippen LogP contribution in [0.3, 0.4) is 0 Å². The molecule has 0 amide bonds. The van der Waals surface area contributed by atoms with Crippen molar-refractivity contribution in [1.82, 2.24) is 0 Å². The van der Waals surface area contributed by atoms with Gasteiger partial charge in [-0.15, -0.1) is 0 Å².